The Kier molecular flexibility index (Phi) is 18.0. The lowest BCUT2D eigenvalue weighted by Gasteiger charge is -2.30. The summed E-state index contributed by atoms with van der Waals surface area (Å²) >= 11 is 0. The predicted octanol–water partition coefficient (Wildman–Crippen LogP) is 1.50. The number of halogens is 1. The third-order valence-electron chi connectivity index (χ3n) is 9.85. The van der Waals surface area contributed by atoms with Gasteiger partial charge in [-0.15, -0.1) is 0 Å². The number of benzene rings is 3. The van der Waals surface area contributed by atoms with E-state index in [-0.39, 0.29) is 44.9 Å². The van der Waals surface area contributed by atoms with Gasteiger partial charge in [-0.3, -0.25) is 28.8 Å². The van der Waals surface area contributed by atoms with Crippen molar-refractivity contribution in [3.63, 3.8) is 0 Å². The molecule has 324 valence electrons. The summed E-state index contributed by atoms with van der Waals surface area (Å²) in [6.07, 6.45) is -1.93. The number of rotatable bonds is 14. The van der Waals surface area contributed by atoms with Crippen molar-refractivity contribution in [2.45, 2.75) is 90.2 Å². The predicted molar refractivity (Wildman–Crippen MR) is 221 cm³/mol. The molecule has 2 bridgehead atoms. The Labute approximate surface area is 349 Å². The van der Waals surface area contributed by atoms with Crippen LogP contribution in [0.4, 0.5) is 4.39 Å². The molecule has 0 spiro atoms. The summed E-state index contributed by atoms with van der Waals surface area (Å²) in [6, 6.07) is 15.4. The smallest absolute Gasteiger partial charge is 0.251 e. The van der Waals surface area contributed by atoms with Crippen LogP contribution in [0.3, 0.4) is 0 Å². The summed E-state index contributed by atoms with van der Waals surface area (Å²) in [4.78, 5) is 80.9. The van der Waals surface area contributed by atoms with E-state index < -0.39 is 83.5 Å². The Morgan fingerprint density at radius 1 is 0.783 bits per heavy atom. The Balaban J connectivity index is 1.58. The molecule has 6 atom stereocenters. The molecule has 0 saturated carbocycles. The van der Waals surface area contributed by atoms with Crippen LogP contribution in [-0.4, -0.2) is 103 Å². The highest BCUT2D eigenvalue weighted by Gasteiger charge is 2.36. The van der Waals surface area contributed by atoms with Gasteiger partial charge in [0.05, 0.1) is 19.3 Å². The summed E-state index contributed by atoms with van der Waals surface area (Å²) in [7, 11) is 0. The zero-order valence-corrected chi connectivity index (χ0v) is 34.7. The van der Waals surface area contributed by atoms with Crippen LogP contribution in [0.1, 0.15) is 51.3 Å². The average molecular weight is 833 g/mol. The summed E-state index contributed by atoms with van der Waals surface area (Å²) in [5.74, 6) is -4.70. The van der Waals surface area contributed by atoms with Crippen LogP contribution in [0, 0.1) is 17.7 Å². The molecular weight excluding hydrogens is 776 g/mol. The maximum atomic E-state index is 14.0. The third kappa shape index (κ3) is 14.7. The molecule has 0 aromatic heterocycles. The van der Waals surface area contributed by atoms with Gasteiger partial charge in [0.2, 0.25) is 29.5 Å². The fourth-order valence-corrected chi connectivity index (χ4v) is 6.55. The van der Waals surface area contributed by atoms with E-state index in [4.69, 9.17) is 9.47 Å². The molecule has 0 unspecified atom stereocenters. The largest absolute Gasteiger partial charge is 0.491 e. The van der Waals surface area contributed by atoms with E-state index in [1.807, 2.05) is 0 Å². The highest BCUT2D eigenvalue weighted by atomic mass is 19.1. The summed E-state index contributed by atoms with van der Waals surface area (Å²) in [5, 5.41) is 27.9. The van der Waals surface area contributed by atoms with Gasteiger partial charge in [-0.1, -0.05) is 82.3 Å². The minimum absolute atomic E-state index is 0.0118. The molecule has 2 aliphatic heterocycles. The number of aliphatic hydroxyl groups excluding tert-OH is 1. The maximum Gasteiger partial charge on any atom is 0.251 e. The monoisotopic (exact) mass is 832 g/mol. The fraction of sp³-hybridized carbons (Fsp3) is 0.455. The van der Waals surface area contributed by atoms with Gasteiger partial charge in [0.25, 0.3) is 5.91 Å². The molecule has 6 amide bonds. The van der Waals surface area contributed by atoms with Crippen molar-refractivity contribution in [2.24, 2.45) is 11.8 Å². The van der Waals surface area contributed by atoms with E-state index in [0.717, 1.165) is 0 Å². The lowest BCUT2D eigenvalue weighted by Crippen LogP contribution is -2.61. The standard InChI is InChI=1S/C44H57FN6O9/c1-26(2)37-42(56)46-19-20-59-21-22-60-33-17-13-31(14-18-33)25-36(41(55)50-37)49-44(58)39(53)34(23-29-9-7-6-8-10-29)48-43(57)38(27(3)4)51-40(54)35(47-28(5)52)24-30-11-15-32(45)16-12-30/h6-18,26-27,34-39,53H,19-25H2,1-5H3,(H,46,56)(H,47,52)(H,48,57)(H,49,58)(H,50,55)(H,51,54)/t34-,35-,36-,37-,38-,39+/m0/s1. The van der Waals surface area contributed by atoms with E-state index in [1.54, 1.807) is 82.3 Å². The summed E-state index contributed by atoms with van der Waals surface area (Å²) in [5.41, 5.74) is 1.88. The van der Waals surface area contributed by atoms with Crippen molar-refractivity contribution in [3.8, 4) is 5.75 Å². The SMILES string of the molecule is CC(=O)N[C@@H](Cc1ccc(F)cc1)C(=O)N[C@H](C(=O)N[C@@H](Cc1ccccc1)[C@@H](O)C(=O)N[C@H]1Cc2ccc(cc2)OCCOCCNC(=O)[C@H](C(C)C)NC1=O)C(C)C. The molecule has 0 radical (unpaired) electrons. The number of carbonyl (C=O) groups is 6. The molecule has 0 aliphatic carbocycles. The molecular formula is C44H57FN6O9. The molecule has 0 saturated heterocycles. The minimum Gasteiger partial charge on any atom is -0.491 e. The van der Waals surface area contributed by atoms with Gasteiger partial charge in [0.15, 0.2) is 6.10 Å². The highest BCUT2D eigenvalue weighted by Crippen LogP contribution is 2.16. The Bertz CT molecular complexity index is 1900. The van der Waals surface area contributed by atoms with Crippen LogP contribution in [0.5, 0.6) is 5.75 Å². The topological polar surface area (TPSA) is 213 Å². The van der Waals surface area contributed by atoms with Crippen LogP contribution >= 0.6 is 0 Å². The first kappa shape index (κ1) is 46.8. The number of ether oxygens (including phenoxy) is 2. The zero-order valence-electron chi connectivity index (χ0n) is 34.7. The van der Waals surface area contributed by atoms with Crippen LogP contribution in [0.15, 0.2) is 78.9 Å². The lowest BCUT2D eigenvalue weighted by molar-refractivity contribution is -0.137. The van der Waals surface area contributed by atoms with Crippen molar-refractivity contribution in [3.05, 3.63) is 101 Å². The van der Waals surface area contributed by atoms with E-state index in [9.17, 15) is 38.3 Å². The number of hydrogen-bond donors (Lipinski definition) is 7. The third-order valence-corrected chi connectivity index (χ3v) is 9.85. The van der Waals surface area contributed by atoms with E-state index in [1.165, 1.54) is 31.2 Å². The van der Waals surface area contributed by atoms with Crippen molar-refractivity contribution in [1.82, 2.24) is 31.9 Å². The normalized spacial score (nSPS) is 18.4. The van der Waals surface area contributed by atoms with Crippen molar-refractivity contribution < 1.29 is 47.7 Å². The first-order valence-electron chi connectivity index (χ1n) is 20.1. The van der Waals surface area contributed by atoms with Crippen molar-refractivity contribution >= 4 is 35.4 Å². The van der Waals surface area contributed by atoms with Gasteiger partial charge in [-0.2, -0.15) is 0 Å². The van der Waals surface area contributed by atoms with E-state index in [0.29, 0.717) is 29.0 Å². The molecule has 16 heteroatoms. The van der Waals surface area contributed by atoms with Gasteiger partial charge < -0.3 is 46.5 Å². The number of amides is 6. The first-order valence-corrected chi connectivity index (χ1v) is 20.1. The van der Waals surface area contributed by atoms with E-state index in [2.05, 4.69) is 31.9 Å². The Morgan fingerprint density at radius 3 is 2.08 bits per heavy atom. The molecule has 5 rings (SSSR count). The summed E-state index contributed by atoms with van der Waals surface area (Å²) in [6.45, 7) is 9.17. The second-order valence-electron chi connectivity index (χ2n) is 15.5. The molecule has 60 heavy (non-hydrogen) atoms. The lowest BCUT2D eigenvalue weighted by atomic mass is 9.97. The van der Waals surface area contributed by atoms with Crippen LogP contribution in [0.25, 0.3) is 0 Å². The average Bonchev–Trinajstić information content (AvgIpc) is 3.21. The van der Waals surface area contributed by atoms with Crippen LogP contribution in [0.2, 0.25) is 0 Å². The quantitative estimate of drug-likeness (QED) is 0.117. The van der Waals surface area contributed by atoms with Crippen molar-refractivity contribution in [2.75, 3.05) is 26.4 Å². The molecule has 3 aromatic carbocycles. The molecule has 3 aromatic rings. The molecule has 15 nitrogen and oxygen atoms in total. The Morgan fingerprint density at radius 2 is 1.45 bits per heavy atom. The molecule has 0 fully saturated rings. The maximum absolute atomic E-state index is 14.0. The van der Waals surface area contributed by atoms with Crippen LogP contribution in [-0.2, 0) is 52.8 Å². The number of nitrogens with one attached hydrogen (secondary N) is 6. The second-order valence-corrected chi connectivity index (χ2v) is 15.5. The number of hydrogen-bond acceptors (Lipinski definition) is 9. The number of carbonyl (C=O) groups excluding carboxylic acids is 6. The summed E-state index contributed by atoms with van der Waals surface area (Å²) < 4.78 is 24.8. The molecule has 7 N–H and O–H groups in total. The first-order chi connectivity index (χ1) is 28.6. The van der Waals surface area contributed by atoms with Crippen molar-refractivity contribution in [1.29, 1.82) is 0 Å². The van der Waals surface area contributed by atoms with Gasteiger partial charge in [0, 0.05) is 26.3 Å². The van der Waals surface area contributed by atoms with Gasteiger partial charge >= 0.3 is 0 Å². The Hall–Kier alpha value is -5.87. The van der Waals surface area contributed by atoms with E-state index >= 15 is 0 Å². The van der Waals surface area contributed by atoms with Crippen LogP contribution < -0.4 is 36.6 Å². The minimum atomic E-state index is -1.90. The van der Waals surface area contributed by atoms with Gasteiger partial charge in [-0.05, 0) is 59.2 Å². The van der Waals surface area contributed by atoms with Gasteiger partial charge in [0.1, 0.15) is 42.3 Å². The molecule has 2 heterocycles. The second kappa shape index (κ2) is 23.1. The fourth-order valence-electron chi connectivity index (χ4n) is 6.55. The molecule has 2 aliphatic rings. The zero-order chi connectivity index (χ0) is 43.8. The van der Waals surface area contributed by atoms with Gasteiger partial charge in [-0.25, -0.2) is 4.39 Å². The number of fused-ring (bicyclic) bond motifs is 14. The highest BCUT2D eigenvalue weighted by molar-refractivity contribution is 5.94. The number of aliphatic hydroxyl groups is 1.